The van der Waals surface area contributed by atoms with Gasteiger partial charge in [-0.3, -0.25) is 29.4 Å². The zero-order valence-electron chi connectivity index (χ0n) is 15.4. The number of imide groups is 1. The molecule has 0 aromatic heterocycles. The van der Waals surface area contributed by atoms with Gasteiger partial charge < -0.3 is 0 Å². The summed E-state index contributed by atoms with van der Waals surface area (Å²) in [4.78, 5) is 49.4. The third kappa shape index (κ3) is 3.61. The van der Waals surface area contributed by atoms with Crippen molar-refractivity contribution in [1.29, 1.82) is 0 Å². The number of para-hydroxylation sites is 3. The molecule has 3 amide bonds. The second-order valence-electron chi connectivity index (χ2n) is 6.52. The van der Waals surface area contributed by atoms with Crippen LogP contribution in [0.4, 0.5) is 30.2 Å². The molecule has 8 nitrogen and oxygen atoms in total. The van der Waals surface area contributed by atoms with Crippen LogP contribution in [0.5, 0.6) is 0 Å². The van der Waals surface area contributed by atoms with Gasteiger partial charge in [-0.2, -0.15) is 13.2 Å². The summed E-state index contributed by atoms with van der Waals surface area (Å²) in [5, 5.41) is 11.3. The number of carbonyl (C=O) groups excluding carboxylic acids is 3. The molecule has 1 atom stereocenters. The standard InChI is InChI=1S/C19H14F3N3O5/c1-11-10-16(26)24(17(27)12-6-2-3-7-13(12)25(29)30)15-9-5-4-8-14(15)23(11)18(28)19(20,21)22/h2-9,11H,10H2,1H3. The first-order chi connectivity index (χ1) is 14.0. The van der Waals surface area contributed by atoms with Crippen molar-refractivity contribution in [3.63, 3.8) is 0 Å². The van der Waals surface area contributed by atoms with Crippen LogP contribution < -0.4 is 9.80 Å². The summed E-state index contributed by atoms with van der Waals surface area (Å²) in [6.45, 7) is 1.25. The maximum absolute atomic E-state index is 13.2. The minimum atomic E-state index is -5.21. The van der Waals surface area contributed by atoms with Crippen LogP contribution in [0.15, 0.2) is 48.5 Å². The van der Waals surface area contributed by atoms with Crippen molar-refractivity contribution in [2.75, 3.05) is 9.80 Å². The fraction of sp³-hybridized carbons (Fsp3) is 0.211. The maximum Gasteiger partial charge on any atom is 0.471 e. The molecule has 1 aliphatic heterocycles. The number of hydrogen-bond acceptors (Lipinski definition) is 5. The van der Waals surface area contributed by atoms with Crippen molar-refractivity contribution in [1.82, 2.24) is 0 Å². The van der Waals surface area contributed by atoms with Gasteiger partial charge in [0.05, 0.1) is 16.3 Å². The van der Waals surface area contributed by atoms with Gasteiger partial charge in [0.25, 0.3) is 11.6 Å². The van der Waals surface area contributed by atoms with Crippen molar-refractivity contribution in [2.45, 2.75) is 25.6 Å². The fourth-order valence-corrected chi connectivity index (χ4v) is 3.27. The Bertz CT molecular complexity index is 1050. The lowest BCUT2D eigenvalue weighted by atomic mass is 10.1. The third-order valence-electron chi connectivity index (χ3n) is 4.54. The second-order valence-corrected chi connectivity index (χ2v) is 6.52. The lowest BCUT2D eigenvalue weighted by Crippen LogP contribution is -2.46. The van der Waals surface area contributed by atoms with Crippen LogP contribution in [0.3, 0.4) is 0 Å². The smallest absolute Gasteiger partial charge is 0.299 e. The summed E-state index contributed by atoms with van der Waals surface area (Å²) >= 11 is 0. The molecule has 0 aliphatic carbocycles. The van der Waals surface area contributed by atoms with Gasteiger partial charge in [0.2, 0.25) is 5.91 Å². The number of nitrogens with zero attached hydrogens (tertiary/aromatic N) is 3. The highest BCUT2D eigenvalue weighted by Gasteiger charge is 2.47. The Labute approximate surface area is 167 Å². The Hall–Kier alpha value is -3.76. The molecule has 11 heteroatoms. The zero-order valence-corrected chi connectivity index (χ0v) is 15.4. The van der Waals surface area contributed by atoms with E-state index in [1.807, 2.05) is 0 Å². The van der Waals surface area contributed by atoms with E-state index in [-0.39, 0.29) is 11.4 Å². The van der Waals surface area contributed by atoms with Crippen LogP contribution in [-0.4, -0.2) is 34.9 Å². The first-order valence-corrected chi connectivity index (χ1v) is 8.64. The van der Waals surface area contributed by atoms with Crippen LogP contribution in [0.25, 0.3) is 0 Å². The molecule has 156 valence electrons. The fourth-order valence-electron chi connectivity index (χ4n) is 3.27. The molecule has 1 heterocycles. The minimum absolute atomic E-state index is 0.271. The van der Waals surface area contributed by atoms with Crippen molar-refractivity contribution in [2.24, 2.45) is 0 Å². The highest BCUT2D eigenvalue weighted by atomic mass is 19.4. The Balaban J connectivity index is 2.19. The van der Waals surface area contributed by atoms with Crippen LogP contribution in [0.1, 0.15) is 23.7 Å². The van der Waals surface area contributed by atoms with Gasteiger partial charge in [-0.15, -0.1) is 0 Å². The highest BCUT2D eigenvalue weighted by molar-refractivity contribution is 6.25. The number of benzene rings is 2. The monoisotopic (exact) mass is 421 g/mol. The van der Waals surface area contributed by atoms with E-state index < -0.39 is 52.5 Å². The van der Waals surface area contributed by atoms with Crippen LogP contribution >= 0.6 is 0 Å². The second kappa shape index (κ2) is 7.58. The molecule has 0 spiro atoms. The number of nitro benzene ring substituents is 1. The SMILES string of the molecule is CC1CC(=O)N(C(=O)c2ccccc2[N+](=O)[O-])c2ccccc2N1C(=O)C(F)(F)F. The molecule has 30 heavy (non-hydrogen) atoms. The largest absolute Gasteiger partial charge is 0.471 e. The van der Waals surface area contributed by atoms with Gasteiger partial charge in [0, 0.05) is 18.5 Å². The molecule has 0 N–H and O–H groups in total. The molecule has 0 fully saturated rings. The molecular formula is C19H14F3N3O5. The summed E-state index contributed by atoms with van der Waals surface area (Å²) in [6.07, 6.45) is -5.80. The van der Waals surface area contributed by atoms with Crippen LogP contribution in [0.2, 0.25) is 0 Å². The Morgan fingerprint density at radius 1 is 1.07 bits per heavy atom. The van der Waals surface area contributed by atoms with Gasteiger partial charge in [0.1, 0.15) is 5.56 Å². The average Bonchev–Trinajstić information content (AvgIpc) is 2.78. The number of carbonyl (C=O) groups is 3. The van der Waals surface area contributed by atoms with E-state index in [1.54, 1.807) is 0 Å². The van der Waals surface area contributed by atoms with Gasteiger partial charge in [0.15, 0.2) is 0 Å². The normalized spacial score (nSPS) is 16.7. The number of rotatable bonds is 2. The number of nitro groups is 1. The zero-order chi connectivity index (χ0) is 22.2. The Kier molecular flexibility index (Phi) is 5.29. The third-order valence-corrected chi connectivity index (χ3v) is 4.54. The summed E-state index contributed by atoms with van der Waals surface area (Å²) < 4.78 is 39.5. The first-order valence-electron chi connectivity index (χ1n) is 8.64. The predicted molar refractivity (Wildman–Crippen MR) is 99.0 cm³/mol. The van der Waals surface area contributed by atoms with E-state index in [1.165, 1.54) is 43.3 Å². The number of halogens is 3. The van der Waals surface area contributed by atoms with Crippen molar-refractivity contribution in [3.8, 4) is 0 Å². The Morgan fingerprint density at radius 3 is 2.23 bits per heavy atom. The van der Waals surface area contributed by atoms with E-state index >= 15 is 0 Å². The molecule has 0 saturated carbocycles. The minimum Gasteiger partial charge on any atom is -0.299 e. The van der Waals surface area contributed by atoms with Gasteiger partial charge in [-0.05, 0) is 25.1 Å². The van der Waals surface area contributed by atoms with E-state index in [0.717, 1.165) is 12.1 Å². The maximum atomic E-state index is 13.2. The van der Waals surface area contributed by atoms with E-state index in [0.29, 0.717) is 9.80 Å². The van der Waals surface area contributed by atoms with Gasteiger partial charge >= 0.3 is 12.1 Å². The quantitative estimate of drug-likeness (QED) is 0.420. The molecule has 0 saturated heterocycles. The molecule has 0 bridgehead atoms. The van der Waals surface area contributed by atoms with Crippen molar-refractivity contribution < 1.29 is 32.5 Å². The molecule has 1 unspecified atom stereocenters. The molecule has 3 rings (SSSR count). The van der Waals surface area contributed by atoms with E-state index in [4.69, 9.17) is 0 Å². The molecular weight excluding hydrogens is 407 g/mol. The topological polar surface area (TPSA) is 101 Å². The van der Waals surface area contributed by atoms with Gasteiger partial charge in [-0.1, -0.05) is 24.3 Å². The van der Waals surface area contributed by atoms with Crippen molar-refractivity contribution in [3.05, 3.63) is 64.2 Å². The summed E-state index contributed by atoms with van der Waals surface area (Å²) in [7, 11) is 0. The number of amides is 3. The number of fused-ring (bicyclic) bond motifs is 1. The summed E-state index contributed by atoms with van der Waals surface area (Å²) in [6, 6.07) is 8.80. The number of anilines is 2. The van der Waals surface area contributed by atoms with Crippen molar-refractivity contribution >= 4 is 34.8 Å². The van der Waals surface area contributed by atoms with E-state index in [2.05, 4.69) is 0 Å². The summed E-state index contributed by atoms with van der Waals surface area (Å²) in [5.74, 6) is -4.15. The Morgan fingerprint density at radius 2 is 1.63 bits per heavy atom. The lowest BCUT2D eigenvalue weighted by molar-refractivity contribution is -0.385. The predicted octanol–water partition coefficient (Wildman–Crippen LogP) is 3.46. The van der Waals surface area contributed by atoms with Crippen LogP contribution in [-0.2, 0) is 9.59 Å². The highest BCUT2D eigenvalue weighted by Crippen LogP contribution is 2.38. The van der Waals surface area contributed by atoms with Crippen LogP contribution in [0, 0.1) is 10.1 Å². The van der Waals surface area contributed by atoms with E-state index in [9.17, 15) is 37.7 Å². The molecule has 1 aliphatic rings. The molecule has 2 aromatic carbocycles. The number of hydrogen-bond donors (Lipinski definition) is 0. The first kappa shape index (κ1) is 21.0. The summed E-state index contributed by atoms with van der Waals surface area (Å²) in [5.41, 5.74) is -1.54. The molecule has 2 aromatic rings. The average molecular weight is 421 g/mol. The van der Waals surface area contributed by atoms with Gasteiger partial charge in [-0.25, -0.2) is 4.90 Å². The lowest BCUT2D eigenvalue weighted by Gasteiger charge is -2.28. The molecule has 0 radical (unpaired) electrons. The number of alkyl halides is 3.